The van der Waals surface area contributed by atoms with Gasteiger partial charge in [0.05, 0.1) is 16.4 Å². The number of hydrogen-bond donors (Lipinski definition) is 1. The minimum atomic E-state index is 0.351. The van der Waals surface area contributed by atoms with Crippen LogP contribution in [0.15, 0.2) is 24.3 Å². The van der Waals surface area contributed by atoms with Gasteiger partial charge >= 0.3 is 0 Å². The first kappa shape index (κ1) is 16.1. The van der Waals surface area contributed by atoms with Gasteiger partial charge in [-0.1, -0.05) is 48.4 Å². The van der Waals surface area contributed by atoms with E-state index in [0.717, 1.165) is 35.7 Å². The maximum absolute atomic E-state index is 6.45. The third-order valence-corrected chi connectivity index (χ3v) is 4.35. The van der Waals surface area contributed by atoms with Crippen LogP contribution in [0, 0.1) is 6.92 Å². The molecule has 1 aromatic carbocycles. The van der Waals surface area contributed by atoms with Gasteiger partial charge in [0.2, 0.25) is 0 Å². The maximum Gasteiger partial charge on any atom is 0.0850 e. The fourth-order valence-electron chi connectivity index (χ4n) is 2.67. The highest BCUT2D eigenvalue weighted by molar-refractivity contribution is 6.31. The molecule has 0 saturated heterocycles. The molecule has 1 aromatic heterocycles. The molecular weight excluding hydrogens is 282 g/mol. The van der Waals surface area contributed by atoms with Gasteiger partial charge in [0, 0.05) is 19.5 Å². The van der Waals surface area contributed by atoms with Crippen molar-refractivity contribution >= 4 is 11.6 Å². The van der Waals surface area contributed by atoms with Crippen molar-refractivity contribution in [3.05, 3.63) is 51.8 Å². The monoisotopic (exact) mass is 305 g/mol. The Morgan fingerprint density at radius 2 is 2.10 bits per heavy atom. The maximum atomic E-state index is 6.45. The summed E-state index contributed by atoms with van der Waals surface area (Å²) in [6.07, 6.45) is 2.74. The standard InChI is InChI=1S/C17H24ClN3/c1-5-15-17(18)16(21(4)20-15)11-14(19-3)10-13-8-6-7-12(2)9-13/h6-9,14,19H,5,10-11H2,1-4H3. The molecule has 0 aliphatic rings. The second-order valence-corrected chi connectivity index (χ2v) is 5.95. The van der Waals surface area contributed by atoms with Crippen molar-refractivity contribution in [2.45, 2.75) is 39.2 Å². The first-order valence-corrected chi connectivity index (χ1v) is 7.86. The van der Waals surface area contributed by atoms with Crippen molar-refractivity contribution in [1.82, 2.24) is 15.1 Å². The Hall–Kier alpha value is -1.32. The molecule has 1 unspecified atom stereocenters. The van der Waals surface area contributed by atoms with Crippen LogP contribution in [0.2, 0.25) is 5.02 Å². The largest absolute Gasteiger partial charge is 0.316 e. The van der Waals surface area contributed by atoms with E-state index in [0.29, 0.717) is 6.04 Å². The molecule has 3 nitrogen and oxygen atoms in total. The van der Waals surface area contributed by atoms with Gasteiger partial charge in [0.15, 0.2) is 0 Å². The summed E-state index contributed by atoms with van der Waals surface area (Å²) in [4.78, 5) is 0. The number of nitrogens with zero attached hydrogens (tertiary/aromatic N) is 2. The molecule has 0 spiro atoms. The molecule has 0 aliphatic heterocycles. The Bertz CT molecular complexity index is 604. The molecule has 1 atom stereocenters. The van der Waals surface area contributed by atoms with Crippen LogP contribution in [-0.2, 0) is 26.3 Å². The Morgan fingerprint density at radius 3 is 2.67 bits per heavy atom. The third kappa shape index (κ3) is 3.86. The van der Waals surface area contributed by atoms with Crippen LogP contribution in [0.1, 0.15) is 29.4 Å². The lowest BCUT2D eigenvalue weighted by molar-refractivity contribution is 0.533. The lowest BCUT2D eigenvalue weighted by Crippen LogP contribution is -2.30. The van der Waals surface area contributed by atoms with Crippen LogP contribution < -0.4 is 5.32 Å². The number of halogens is 1. The highest BCUT2D eigenvalue weighted by atomic mass is 35.5. The summed E-state index contributed by atoms with van der Waals surface area (Å²) < 4.78 is 1.92. The van der Waals surface area contributed by atoms with Gasteiger partial charge in [0.25, 0.3) is 0 Å². The molecule has 0 radical (unpaired) electrons. The summed E-state index contributed by atoms with van der Waals surface area (Å²) in [6.45, 7) is 4.21. The smallest absolute Gasteiger partial charge is 0.0850 e. The van der Waals surface area contributed by atoms with Crippen molar-refractivity contribution < 1.29 is 0 Å². The molecule has 0 aliphatic carbocycles. The van der Waals surface area contributed by atoms with Crippen LogP contribution in [-0.4, -0.2) is 22.9 Å². The number of likely N-dealkylation sites (N-methyl/N-ethyl adjacent to an activating group) is 1. The van der Waals surface area contributed by atoms with Crippen LogP contribution in [0.5, 0.6) is 0 Å². The van der Waals surface area contributed by atoms with E-state index in [4.69, 9.17) is 11.6 Å². The summed E-state index contributed by atoms with van der Waals surface area (Å²) in [6, 6.07) is 9.02. The van der Waals surface area contributed by atoms with Crippen molar-refractivity contribution in [1.29, 1.82) is 0 Å². The molecule has 1 heterocycles. The normalized spacial score (nSPS) is 12.6. The zero-order chi connectivity index (χ0) is 15.4. The van der Waals surface area contributed by atoms with Crippen LogP contribution in [0.4, 0.5) is 0 Å². The zero-order valence-corrected chi connectivity index (χ0v) is 14.0. The average Bonchev–Trinajstić information content (AvgIpc) is 2.73. The third-order valence-electron chi connectivity index (χ3n) is 3.92. The summed E-state index contributed by atoms with van der Waals surface area (Å²) in [7, 11) is 3.98. The Labute approximate surface area is 132 Å². The summed E-state index contributed by atoms with van der Waals surface area (Å²) in [5, 5.41) is 8.72. The van der Waals surface area contributed by atoms with Crippen molar-refractivity contribution in [2.24, 2.45) is 7.05 Å². The van der Waals surface area contributed by atoms with Gasteiger partial charge in [-0.15, -0.1) is 0 Å². The molecule has 2 rings (SSSR count). The SMILES string of the molecule is CCc1nn(C)c(CC(Cc2cccc(C)c2)NC)c1Cl. The van der Waals surface area contributed by atoms with Crippen molar-refractivity contribution in [3.63, 3.8) is 0 Å². The minimum absolute atomic E-state index is 0.351. The molecule has 0 saturated carbocycles. The topological polar surface area (TPSA) is 29.9 Å². The second-order valence-electron chi connectivity index (χ2n) is 5.57. The van der Waals surface area contributed by atoms with Gasteiger partial charge in [-0.2, -0.15) is 5.10 Å². The van der Waals surface area contributed by atoms with Gasteiger partial charge in [-0.25, -0.2) is 0 Å². The molecule has 0 fully saturated rings. The number of hydrogen-bond acceptors (Lipinski definition) is 2. The van der Waals surface area contributed by atoms with Gasteiger partial charge in [-0.3, -0.25) is 4.68 Å². The van der Waals surface area contributed by atoms with E-state index in [1.54, 1.807) is 0 Å². The van der Waals surface area contributed by atoms with E-state index in [9.17, 15) is 0 Å². The number of nitrogens with one attached hydrogen (secondary N) is 1. The average molecular weight is 306 g/mol. The highest BCUT2D eigenvalue weighted by Gasteiger charge is 2.17. The molecule has 114 valence electrons. The number of aryl methyl sites for hydroxylation is 3. The minimum Gasteiger partial charge on any atom is -0.316 e. The summed E-state index contributed by atoms with van der Waals surface area (Å²) in [5.41, 5.74) is 4.75. The first-order chi connectivity index (χ1) is 10.0. The van der Waals surface area contributed by atoms with Crippen molar-refractivity contribution in [2.75, 3.05) is 7.05 Å². The Morgan fingerprint density at radius 1 is 1.33 bits per heavy atom. The predicted octanol–water partition coefficient (Wildman–Crippen LogP) is 3.32. The molecule has 2 aromatic rings. The fraction of sp³-hybridized carbons (Fsp3) is 0.471. The number of rotatable bonds is 6. The van der Waals surface area contributed by atoms with Crippen LogP contribution in [0.25, 0.3) is 0 Å². The molecule has 0 bridgehead atoms. The van der Waals surface area contributed by atoms with E-state index in [1.807, 2.05) is 18.8 Å². The second kappa shape index (κ2) is 7.10. The summed E-state index contributed by atoms with van der Waals surface area (Å²) in [5.74, 6) is 0. The van der Waals surface area contributed by atoms with E-state index in [2.05, 4.69) is 48.5 Å². The number of aromatic nitrogens is 2. The van der Waals surface area contributed by atoms with E-state index in [1.165, 1.54) is 11.1 Å². The Balaban J connectivity index is 2.14. The highest BCUT2D eigenvalue weighted by Crippen LogP contribution is 2.22. The predicted molar refractivity (Wildman–Crippen MR) is 89.0 cm³/mol. The quantitative estimate of drug-likeness (QED) is 0.887. The molecule has 21 heavy (non-hydrogen) atoms. The summed E-state index contributed by atoms with van der Waals surface area (Å²) >= 11 is 6.45. The first-order valence-electron chi connectivity index (χ1n) is 7.48. The lowest BCUT2D eigenvalue weighted by Gasteiger charge is -2.17. The van der Waals surface area contributed by atoms with Crippen LogP contribution >= 0.6 is 11.6 Å². The van der Waals surface area contributed by atoms with Gasteiger partial charge < -0.3 is 5.32 Å². The van der Waals surface area contributed by atoms with E-state index in [-0.39, 0.29) is 0 Å². The van der Waals surface area contributed by atoms with Crippen molar-refractivity contribution in [3.8, 4) is 0 Å². The molecule has 0 amide bonds. The molecular formula is C17H24ClN3. The van der Waals surface area contributed by atoms with E-state index < -0.39 is 0 Å². The Kier molecular flexibility index (Phi) is 5.43. The fourth-order valence-corrected chi connectivity index (χ4v) is 3.05. The molecule has 4 heteroatoms. The molecule has 1 N–H and O–H groups in total. The zero-order valence-electron chi connectivity index (χ0n) is 13.3. The lowest BCUT2D eigenvalue weighted by atomic mass is 10.0. The van der Waals surface area contributed by atoms with E-state index >= 15 is 0 Å². The van der Waals surface area contributed by atoms with Gasteiger partial charge in [-0.05, 0) is 32.4 Å². The van der Waals surface area contributed by atoms with Crippen LogP contribution in [0.3, 0.4) is 0 Å². The number of benzene rings is 1. The van der Waals surface area contributed by atoms with Gasteiger partial charge in [0.1, 0.15) is 0 Å².